The van der Waals surface area contributed by atoms with E-state index in [1.54, 1.807) is 26.0 Å². The number of fused-ring (bicyclic) bond motifs is 5. The standard InChI is InChI=1S/C32H42O4/c1-5-36-29(34)23-8-6-22(7-9-23)14-17-32(35)19-18-30(3)24(20-32)10-11-25-27-13-12-26(21(2)33)31(27,4)16-15-28(25)30/h6-9,24-28,35H,5,10-13,15-16,18-20H2,1-4H3/t24-,25-,26+,27-,28-,30-,31+,32+/m0/s1. The van der Waals surface area contributed by atoms with Crippen molar-refractivity contribution in [2.24, 2.45) is 40.4 Å². The first kappa shape index (κ1) is 25.5. The number of carbonyl (C=O) groups excluding carboxylic acids is 2. The Morgan fingerprint density at radius 3 is 2.39 bits per heavy atom. The zero-order valence-electron chi connectivity index (χ0n) is 22.4. The third-order valence-corrected chi connectivity index (χ3v) is 11.1. The number of hydrogen-bond acceptors (Lipinski definition) is 4. The Balaban J connectivity index is 1.29. The second kappa shape index (κ2) is 9.32. The van der Waals surface area contributed by atoms with E-state index in [1.165, 1.54) is 25.7 Å². The van der Waals surface area contributed by atoms with E-state index in [-0.39, 0.29) is 22.7 Å². The molecular formula is C32H42O4. The van der Waals surface area contributed by atoms with Crippen molar-refractivity contribution in [2.75, 3.05) is 6.61 Å². The van der Waals surface area contributed by atoms with E-state index in [0.29, 0.717) is 35.7 Å². The van der Waals surface area contributed by atoms with Gasteiger partial charge in [-0.1, -0.05) is 25.7 Å². The van der Waals surface area contributed by atoms with E-state index in [9.17, 15) is 14.7 Å². The summed E-state index contributed by atoms with van der Waals surface area (Å²) in [6.45, 7) is 8.86. The molecule has 0 bridgehead atoms. The zero-order valence-corrected chi connectivity index (χ0v) is 22.4. The van der Waals surface area contributed by atoms with Crippen LogP contribution < -0.4 is 0 Å². The Bertz CT molecular complexity index is 1080. The van der Waals surface area contributed by atoms with Crippen LogP contribution in [0.2, 0.25) is 0 Å². The highest BCUT2D eigenvalue weighted by Gasteiger charge is 2.61. The Hall–Kier alpha value is -2.12. The summed E-state index contributed by atoms with van der Waals surface area (Å²) in [4.78, 5) is 24.3. The van der Waals surface area contributed by atoms with Crippen LogP contribution in [0.3, 0.4) is 0 Å². The monoisotopic (exact) mass is 490 g/mol. The first-order chi connectivity index (χ1) is 17.1. The summed E-state index contributed by atoms with van der Waals surface area (Å²) in [5.74, 6) is 9.34. The van der Waals surface area contributed by atoms with Crippen LogP contribution in [0.25, 0.3) is 0 Å². The van der Waals surface area contributed by atoms with Gasteiger partial charge < -0.3 is 9.84 Å². The van der Waals surface area contributed by atoms with Gasteiger partial charge in [-0.3, -0.25) is 4.79 Å². The third-order valence-electron chi connectivity index (χ3n) is 11.1. The first-order valence-electron chi connectivity index (χ1n) is 14.1. The van der Waals surface area contributed by atoms with E-state index in [2.05, 4.69) is 25.7 Å². The summed E-state index contributed by atoms with van der Waals surface area (Å²) in [5, 5.41) is 11.5. The van der Waals surface area contributed by atoms with Crippen LogP contribution in [-0.4, -0.2) is 29.1 Å². The molecule has 0 aromatic heterocycles. The van der Waals surface area contributed by atoms with Gasteiger partial charge in [0.25, 0.3) is 0 Å². The Labute approximate surface area is 216 Å². The highest BCUT2D eigenvalue weighted by atomic mass is 16.5. The van der Waals surface area contributed by atoms with Crippen molar-refractivity contribution < 1.29 is 19.4 Å². The van der Waals surface area contributed by atoms with Gasteiger partial charge in [0, 0.05) is 11.5 Å². The van der Waals surface area contributed by atoms with E-state index in [0.717, 1.165) is 43.6 Å². The molecule has 1 aromatic rings. The van der Waals surface area contributed by atoms with E-state index < -0.39 is 5.60 Å². The van der Waals surface area contributed by atoms with E-state index in [1.807, 2.05) is 12.1 Å². The predicted octanol–water partition coefficient (Wildman–Crippen LogP) is 6.19. The van der Waals surface area contributed by atoms with E-state index in [4.69, 9.17) is 4.74 Å². The molecule has 4 aliphatic carbocycles. The Morgan fingerprint density at radius 2 is 1.69 bits per heavy atom. The number of esters is 1. The summed E-state index contributed by atoms with van der Waals surface area (Å²) in [6.07, 6.45) is 9.58. The fraction of sp³-hybridized carbons (Fsp3) is 0.688. The smallest absolute Gasteiger partial charge is 0.338 e. The van der Waals surface area contributed by atoms with Crippen molar-refractivity contribution in [3.05, 3.63) is 35.4 Å². The predicted molar refractivity (Wildman–Crippen MR) is 140 cm³/mol. The Morgan fingerprint density at radius 1 is 0.972 bits per heavy atom. The first-order valence-corrected chi connectivity index (χ1v) is 14.1. The van der Waals surface area contributed by atoms with Crippen molar-refractivity contribution >= 4 is 11.8 Å². The number of ether oxygens (including phenoxy) is 1. The molecule has 8 atom stereocenters. The molecule has 0 radical (unpaired) electrons. The average molecular weight is 491 g/mol. The molecular weight excluding hydrogens is 448 g/mol. The maximum atomic E-state index is 12.4. The van der Waals surface area contributed by atoms with Crippen molar-refractivity contribution in [1.29, 1.82) is 0 Å². The highest BCUT2D eigenvalue weighted by molar-refractivity contribution is 5.89. The highest BCUT2D eigenvalue weighted by Crippen LogP contribution is 2.68. The van der Waals surface area contributed by atoms with Gasteiger partial charge in [-0.05, 0) is 130 Å². The lowest BCUT2D eigenvalue weighted by Crippen LogP contribution is -2.56. The van der Waals surface area contributed by atoms with Gasteiger partial charge in [0.05, 0.1) is 12.2 Å². The van der Waals surface area contributed by atoms with Gasteiger partial charge in [0.1, 0.15) is 11.4 Å². The molecule has 4 fully saturated rings. The van der Waals surface area contributed by atoms with Crippen molar-refractivity contribution in [3.63, 3.8) is 0 Å². The van der Waals surface area contributed by atoms with Gasteiger partial charge in [-0.25, -0.2) is 4.79 Å². The molecule has 5 rings (SSSR count). The number of Topliss-reactive ketones (excluding diaryl/α,β-unsaturated/α-hetero) is 1. The molecule has 0 heterocycles. The van der Waals surface area contributed by atoms with Gasteiger partial charge in [-0.2, -0.15) is 0 Å². The molecule has 36 heavy (non-hydrogen) atoms. The number of rotatable bonds is 3. The molecule has 4 saturated carbocycles. The molecule has 0 amide bonds. The topological polar surface area (TPSA) is 63.6 Å². The number of ketones is 1. The van der Waals surface area contributed by atoms with Gasteiger partial charge in [0.15, 0.2) is 0 Å². The number of carbonyl (C=O) groups is 2. The summed E-state index contributed by atoms with van der Waals surface area (Å²) < 4.78 is 5.05. The molecule has 0 spiro atoms. The Kier molecular flexibility index (Phi) is 6.61. The van der Waals surface area contributed by atoms with Crippen molar-refractivity contribution in [3.8, 4) is 11.8 Å². The second-order valence-corrected chi connectivity index (χ2v) is 12.7. The molecule has 194 valence electrons. The van der Waals surface area contributed by atoms with Crippen LogP contribution in [0.5, 0.6) is 0 Å². The molecule has 1 N–H and O–H groups in total. The summed E-state index contributed by atoms with van der Waals surface area (Å²) in [5.41, 5.74) is 0.828. The largest absolute Gasteiger partial charge is 0.462 e. The molecule has 4 nitrogen and oxygen atoms in total. The van der Waals surface area contributed by atoms with Crippen LogP contribution in [-0.2, 0) is 9.53 Å². The lowest BCUT2D eigenvalue weighted by atomic mass is 9.44. The molecule has 0 aliphatic heterocycles. The van der Waals surface area contributed by atoms with Crippen molar-refractivity contribution in [1.82, 2.24) is 0 Å². The lowest BCUT2D eigenvalue weighted by molar-refractivity contribution is -0.144. The summed E-state index contributed by atoms with van der Waals surface area (Å²) in [6, 6.07) is 7.13. The van der Waals surface area contributed by atoms with Gasteiger partial charge in [0.2, 0.25) is 0 Å². The number of hydrogen-bond donors (Lipinski definition) is 1. The molecule has 0 saturated heterocycles. The maximum Gasteiger partial charge on any atom is 0.338 e. The SMILES string of the molecule is CCOC(=O)c1ccc(C#C[C@@]2(O)CC[C@@]3(C)[C@@H](CC[C@@H]4[C@@H]3CC[C@]3(C)[C@@H](C(C)=O)CC[C@@H]43)C2)cc1. The molecule has 4 aliphatic rings. The van der Waals surface area contributed by atoms with Crippen LogP contribution in [0.15, 0.2) is 24.3 Å². The normalized spacial score (nSPS) is 41.2. The third kappa shape index (κ3) is 4.22. The van der Waals surface area contributed by atoms with Crippen molar-refractivity contribution in [2.45, 2.75) is 91.1 Å². The van der Waals surface area contributed by atoms with Crippen LogP contribution >= 0.6 is 0 Å². The van der Waals surface area contributed by atoms with Gasteiger partial charge >= 0.3 is 5.97 Å². The zero-order chi connectivity index (χ0) is 25.7. The van der Waals surface area contributed by atoms with Crippen LogP contribution in [0.1, 0.15) is 101 Å². The molecule has 1 aromatic carbocycles. The van der Waals surface area contributed by atoms with Crippen LogP contribution in [0, 0.1) is 52.3 Å². The summed E-state index contributed by atoms with van der Waals surface area (Å²) >= 11 is 0. The fourth-order valence-electron chi connectivity index (χ4n) is 9.12. The molecule has 0 unspecified atom stereocenters. The minimum absolute atomic E-state index is 0.194. The van der Waals surface area contributed by atoms with Crippen LogP contribution in [0.4, 0.5) is 0 Å². The lowest BCUT2D eigenvalue weighted by Gasteiger charge is -2.61. The second-order valence-electron chi connectivity index (χ2n) is 12.7. The maximum absolute atomic E-state index is 12.4. The molecule has 4 heteroatoms. The van der Waals surface area contributed by atoms with E-state index >= 15 is 0 Å². The summed E-state index contributed by atoms with van der Waals surface area (Å²) in [7, 11) is 0. The number of aliphatic hydroxyl groups is 1. The number of benzene rings is 1. The fourth-order valence-corrected chi connectivity index (χ4v) is 9.12. The van der Waals surface area contributed by atoms with Gasteiger partial charge in [-0.15, -0.1) is 0 Å². The minimum atomic E-state index is -0.951. The quantitative estimate of drug-likeness (QED) is 0.405. The average Bonchev–Trinajstić information content (AvgIpc) is 3.21. The minimum Gasteiger partial charge on any atom is -0.462 e.